The van der Waals surface area contributed by atoms with Gasteiger partial charge in [-0.15, -0.1) is 0 Å². The summed E-state index contributed by atoms with van der Waals surface area (Å²) in [5.74, 6) is -0.00293. The van der Waals surface area contributed by atoms with Crippen molar-refractivity contribution in [2.45, 2.75) is 45.3 Å². The second kappa shape index (κ2) is 9.99. The van der Waals surface area contributed by atoms with Crippen LogP contribution in [0.25, 0.3) is 10.9 Å². The van der Waals surface area contributed by atoms with Crippen LogP contribution in [0.1, 0.15) is 33.6 Å². The number of piperazine rings is 1. The molecule has 1 aromatic heterocycles. The van der Waals surface area contributed by atoms with Gasteiger partial charge in [-0.3, -0.25) is 0 Å². The average Bonchev–Trinajstić information content (AvgIpc) is 2.78. The second-order valence-corrected chi connectivity index (χ2v) is 11.0. The Balaban J connectivity index is 1.61. The minimum Gasteiger partial charge on any atom is -0.460 e. The maximum atomic E-state index is 15.2. The molecule has 0 bridgehead atoms. The van der Waals surface area contributed by atoms with Gasteiger partial charge >= 0.3 is 12.1 Å². The topological polar surface area (TPSA) is 71.0 Å². The van der Waals surface area contributed by atoms with Gasteiger partial charge in [0, 0.05) is 44.7 Å². The third-order valence-electron chi connectivity index (χ3n) is 5.95. The first-order valence-corrected chi connectivity index (χ1v) is 12.6. The van der Waals surface area contributed by atoms with Crippen molar-refractivity contribution in [3.05, 3.63) is 21.4 Å². The zero-order valence-electron chi connectivity index (χ0n) is 19.9. The van der Waals surface area contributed by atoms with E-state index in [1.165, 1.54) is 0 Å². The number of carbonyl (C=O) groups is 1. The molecule has 2 saturated heterocycles. The van der Waals surface area contributed by atoms with E-state index in [-0.39, 0.29) is 33.2 Å². The van der Waals surface area contributed by atoms with E-state index in [9.17, 15) is 4.79 Å². The average molecular weight is 559 g/mol. The quantitative estimate of drug-likeness (QED) is 0.505. The number of anilines is 1. The lowest BCUT2D eigenvalue weighted by Gasteiger charge is -2.36. The molecule has 3 heterocycles. The van der Waals surface area contributed by atoms with Gasteiger partial charge in [-0.25, -0.2) is 9.18 Å². The molecular formula is C23H30BrClFN5O3. The number of carbonyl (C=O) groups excluding carboxylic acids is 1. The van der Waals surface area contributed by atoms with Crippen LogP contribution in [-0.2, 0) is 4.74 Å². The fourth-order valence-corrected chi connectivity index (χ4v) is 4.60. The highest BCUT2D eigenvalue weighted by Gasteiger charge is 2.29. The largest absolute Gasteiger partial charge is 0.460 e. The molecule has 2 aliphatic rings. The molecule has 2 aromatic rings. The zero-order valence-corrected chi connectivity index (χ0v) is 22.2. The standard InChI is InChI=1S/C23H30BrClFN5O3/c1-23(2,3)34-22(32)31-11-9-30(10-12-31)20-15-13-16(25)17(24)18(26)19(15)27-21(28-20)33-14-5-7-29(4)8-6-14/h13-14H,5-12H2,1-4H3. The van der Waals surface area contributed by atoms with Crippen molar-refractivity contribution in [2.24, 2.45) is 0 Å². The molecule has 0 unspecified atom stereocenters. The van der Waals surface area contributed by atoms with Crippen LogP contribution in [0.15, 0.2) is 10.5 Å². The number of ether oxygens (including phenoxy) is 2. The van der Waals surface area contributed by atoms with E-state index in [0.29, 0.717) is 37.4 Å². The van der Waals surface area contributed by atoms with Crippen molar-refractivity contribution in [3.63, 3.8) is 0 Å². The van der Waals surface area contributed by atoms with Gasteiger partial charge in [-0.1, -0.05) is 11.6 Å². The Kier molecular flexibility index (Phi) is 7.40. The molecule has 4 rings (SSSR count). The maximum absolute atomic E-state index is 15.2. The number of hydrogen-bond donors (Lipinski definition) is 0. The van der Waals surface area contributed by atoms with Gasteiger partial charge in [0.1, 0.15) is 23.0 Å². The molecule has 2 aliphatic heterocycles. The van der Waals surface area contributed by atoms with Crippen molar-refractivity contribution >= 4 is 50.3 Å². The van der Waals surface area contributed by atoms with Gasteiger partial charge in [0.15, 0.2) is 5.82 Å². The number of hydrogen-bond acceptors (Lipinski definition) is 7. The Hall–Kier alpha value is -1.91. The summed E-state index contributed by atoms with van der Waals surface area (Å²) in [6, 6.07) is 1.82. The van der Waals surface area contributed by atoms with Gasteiger partial charge in [0.25, 0.3) is 0 Å². The smallest absolute Gasteiger partial charge is 0.410 e. The number of nitrogens with zero attached hydrogens (tertiary/aromatic N) is 5. The summed E-state index contributed by atoms with van der Waals surface area (Å²) in [6.45, 7) is 9.31. The minimum absolute atomic E-state index is 0.0238. The fraction of sp³-hybridized carbons (Fsp3) is 0.609. The van der Waals surface area contributed by atoms with Gasteiger partial charge < -0.3 is 24.2 Å². The molecule has 8 nitrogen and oxygen atoms in total. The second-order valence-electron chi connectivity index (χ2n) is 9.79. The molecule has 1 amide bonds. The number of halogens is 3. The molecule has 0 spiro atoms. The molecule has 186 valence electrons. The van der Waals surface area contributed by atoms with E-state index in [2.05, 4.69) is 37.8 Å². The normalized spacial score (nSPS) is 18.4. The van der Waals surface area contributed by atoms with Gasteiger partial charge in [-0.05, 0) is 62.7 Å². The number of likely N-dealkylation sites (tertiary alicyclic amines) is 1. The Bertz CT molecular complexity index is 1070. The fourth-order valence-electron chi connectivity index (χ4n) is 4.11. The number of piperidine rings is 1. The summed E-state index contributed by atoms with van der Waals surface area (Å²) in [4.78, 5) is 27.5. The summed E-state index contributed by atoms with van der Waals surface area (Å²) in [6.07, 6.45) is 1.34. The molecule has 0 radical (unpaired) electrons. The molecule has 34 heavy (non-hydrogen) atoms. The van der Waals surface area contributed by atoms with Crippen LogP contribution in [-0.4, -0.2) is 83.9 Å². The molecule has 11 heteroatoms. The summed E-state index contributed by atoms with van der Waals surface area (Å²) in [5.41, 5.74) is -0.405. The SMILES string of the molecule is CN1CCC(Oc2nc(N3CCN(C(=O)OC(C)(C)C)CC3)c3cc(Cl)c(Br)c(F)c3n2)CC1. The lowest BCUT2D eigenvalue weighted by atomic mass is 10.1. The zero-order chi connectivity index (χ0) is 24.6. The molecule has 1 aromatic carbocycles. The van der Waals surface area contributed by atoms with E-state index >= 15 is 4.39 Å². The number of benzene rings is 1. The lowest BCUT2D eigenvalue weighted by molar-refractivity contribution is 0.0240. The van der Waals surface area contributed by atoms with Crippen molar-refractivity contribution in [2.75, 3.05) is 51.2 Å². The maximum Gasteiger partial charge on any atom is 0.410 e. The van der Waals surface area contributed by atoms with Crippen LogP contribution in [0.3, 0.4) is 0 Å². The highest BCUT2D eigenvalue weighted by Crippen LogP contribution is 2.36. The number of aromatic nitrogens is 2. The predicted molar refractivity (Wildman–Crippen MR) is 133 cm³/mol. The summed E-state index contributed by atoms with van der Waals surface area (Å²) < 4.78 is 26.9. The number of fused-ring (bicyclic) bond motifs is 1. The highest BCUT2D eigenvalue weighted by molar-refractivity contribution is 9.10. The monoisotopic (exact) mass is 557 g/mol. The van der Waals surface area contributed by atoms with Gasteiger partial charge in [0.2, 0.25) is 0 Å². The molecule has 2 fully saturated rings. The summed E-state index contributed by atoms with van der Waals surface area (Å²) in [7, 11) is 2.08. The molecular weight excluding hydrogens is 529 g/mol. The van der Waals surface area contributed by atoms with E-state index < -0.39 is 11.4 Å². The Morgan fingerprint density at radius 2 is 1.79 bits per heavy atom. The van der Waals surface area contributed by atoms with Crippen molar-refractivity contribution < 1.29 is 18.7 Å². The lowest BCUT2D eigenvalue weighted by Crippen LogP contribution is -2.50. The Morgan fingerprint density at radius 3 is 2.41 bits per heavy atom. The predicted octanol–water partition coefficient (Wildman–Crippen LogP) is 4.71. The van der Waals surface area contributed by atoms with Crippen LogP contribution in [0.5, 0.6) is 6.01 Å². The first-order valence-electron chi connectivity index (χ1n) is 11.4. The van der Waals surface area contributed by atoms with Crippen molar-refractivity contribution in [1.29, 1.82) is 0 Å². The van der Waals surface area contributed by atoms with E-state index in [0.717, 1.165) is 25.9 Å². The van der Waals surface area contributed by atoms with Gasteiger partial charge in [-0.2, -0.15) is 9.97 Å². The van der Waals surface area contributed by atoms with E-state index in [1.807, 2.05) is 25.7 Å². The number of rotatable bonds is 3. The molecule has 0 aliphatic carbocycles. The third kappa shape index (κ3) is 5.66. The molecule has 0 saturated carbocycles. The van der Waals surface area contributed by atoms with Crippen LogP contribution in [0, 0.1) is 5.82 Å². The summed E-state index contributed by atoms with van der Waals surface area (Å²) in [5, 5.41) is 0.748. The van der Waals surface area contributed by atoms with Crippen LogP contribution >= 0.6 is 27.5 Å². The number of amides is 1. The van der Waals surface area contributed by atoms with Crippen LogP contribution in [0.4, 0.5) is 15.0 Å². The first-order chi connectivity index (χ1) is 16.0. The van der Waals surface area contributed by atoms with Crippen LogP contribution < -0.4 is 9.64 Å². The molecule has 0 N–H and O–H groups in total. The highest BCUT2D eigenvalue weighted by atomic mass is 79.9. The van der Waals surface area contributed by atoms with Crippen molar-refractivity contribution in [1.82, 2.24) is 19.8 Å². The molecule has 0 atom stereocenters. The Labute approximate surface area is 212 Å². The van der Waals surface area contributed by atoms with Gasteiger partial charge in [0.05, 0.1) is 9.50 Å². The first kappa shape index (κ1) is 25.2. The van der Waals surface area contributed by atoms with E-state index in [1.54, 1.807) is 11.0 Å². The Morgan fingerprint density at radius 1 is 1.15 bits per heavy atom. The van der Waals surface area contributed by atoms with Crippen molar-refractivity contribution in [3.8, 4) is 6.01 Å². The minimum atomic E-state index is -0.557. The summed E-state index contributed by atoms with van der Waals surface area (Å²) >= 11 is 9.49. The van der Waals surface area contributed by atoms with E-state index in [4.69, 9.17) is 21.1 Å². The van der Waals surface area contributed by atoms with Crippen LogP contribution in [0.2, 0.25) is 5.02 Å². The third-order valence-corrected chi connectivity index (χ3v) is 7.26.